The first-order chi connectivity index (χ1) is 14.3. The lowest BCUT2D eigenvalue weighted by molar-refractivity contribution is -0.138. The van der Waals surface area contributed by atoms with E-state index >= 15 is 0 Å². The summed E-state index contributed by atoms with van der Waals surface area (Å²) in [5.41, 5.74) is 6.89. The second-order valence-corrected chi connectivity index (χ2v) is 7.84. The summed E-state index contributed by atoms with van der Waals surface area (Å²) in [6.07, 6.45) is 2.53. The largest absolute Gasteiger partial charge is 0.480 e. The quantitative estimate of drug-likeness (QED) is 0.217. The Hall–Kier alpha value is -2.24. The highest BCUT2D eigenvalue weighted by molar-refractivity contribution is 7.98. The molecule has 11 heteroatoms. The molecule has 0 aliphatic heterocycles. The molecule has 3 atom stereocenters. The van der Waals surface area contributed by atoms with E-state index in [0.29, 0.717) is 18.6 Å². The summed E-state index contributed by atoms with van der Waals surface area (Å²) in [5, 5.41) is 16.0. The topological polar surface area (TPSA) is 151 Å². The van der Waals surface area contributed by atoms with Crippen molar-refractivity contribution in [2.24, 2.45) is 5.73 Å². The lowest BCUT2D eigenvalue weighted by atomic mass is 10.1. The number of carboxylic acid groups (broad SMARTS) is 1. The Kier molecular flexibility index (Phi) is 11.9. The normalized spacial score (nSPS) is 13.6. The van der Waals surface area contributed by atoms with Gasteiger partial charge in [0.05, 0.1) is 6.04 Å². The Labute approximate surface area is 185 Å². The van der Waals surface area contributed by atoms with Gasteiger partial charge in [-0.05, 0) is 30.4 Å². The molecule has 0 saturated carbocycles. The van der Waals surface area contributed by atoms with Gasteiger partial charge in [0.25, 0.3) is 0 Å². The van der Waals surface area contributed by atoms with Crippen molar-refractivity contribution >= 4 is 48.1 Å². The number of nitrogens with one attached hydrogen (secondary N) is 3. The zero-order chi connectivity index (χ0) is 22.5. The number of hydrogen-bond donors (Lipinski definition) is 6. The van der Waals surface area contributed by atoms with Gasteiger partial charge in [0, 0.05) is 5.75 Å². The fourth-order valence-electron chi connectivity index (χ4n) is 2.50. The van der Waals surface area contributed by atoms with Crippen LogP contribution in [0.25, 0.3) is 0 Å². The molecule has 166 valence electrons. The molecule has 3 amide bonds. The number of rotatable bonds is 13. The molecule has 3 unspecified atom stereocenters. The Balaban J connectivity index is 2.73. The van der Waals surface area contributed by atoms with Crippen LogP contribution in [0.1, 0.15) is 12.0 Å². The average molecular weight is 457 g/mol. The van der Waals surface area contributed by atoms with Crippen molar-refractivity contribution in [3.8, 4) is 0 Å². The van der Waals surface area contributed by atoms with Crippen LogP contribution in [0.3, 0.4) is 0 Å². The molecular weight excluding hydrogens is 428 g/mol. The fourth-order valence-corrected chi connectivity index (χ4v) is 3.22. The van der Waals surface area contributed by atoms with E-state index in [9.17, 15) is 19.2 Å². The van der Waals surface area contributed by atoms with E-state index < -0.39 is 48.4 Å². The highest BCUT2D eigenvalue weighted by Crippen LogP contribution is 2.05. The summed E-state index contributed by atoms with van der Waals surface area (Å²) in [5.74, 6) is -2.34. The molecule has 0 aromatic heterocycles. The number of benzene rings is 1. The van der Waals surface area contributed by atoms with Gasteiger partial charge in [-0.25, -0.2) is 0 Å². The summed E-state index contributed by atoms with van der Waals surface area (Å²) in [6, 6.07) is 6.52. The van der Waals surface area contributed by atoms with Crippen LogP contribution in [-0.4, -0.2) is 71.2 Å². The van der Waals surface area contributed by atoms with E-state index in [1.54, 1.807) is 0 Å². The van der Waals surface area contributed by atoms with E-state index in [4.69, 9.17) is 10.8 Å². The minimum Gasteiger partial charge on any atom is -0.480 e. The molecular formula is C19H28N4O5S2. The highest BCUT2D eigenvalue weighted by Gasteiger charge is 2.27. The maximum atomic E-state index is 12.7. The fraction of sp³-hybridized carbons (Fsp3) is 0.474. The van der Waals surface area contributed by atoms with Crippen LogP contribution in [0.5, 0.6) is 0 Å². The van der Waals surface area contributed by atoms with Gasteiger partial charge in [0.2, 0.25) is 17.7 Å². The third kappa shape index (κ3) is 9.51. The van der Waals surface area contributed by atoms with Crippen molar-refractivity contribution in [1.82, 2.24) is 16.0 Å². The van der Waals surface area contributed by atoms with Gasteiger partial charge in [-0.1, -0.05) is 30.3 Å². The monoisotopic (exact) mass is 456 g/mol. The zero-order valence-corrected chi connectivity index (χ0v) is 18.4. The molecule has 9 nitrogen and oxygen atoms in total. The van der Waals surface area contributed by atoms with Gasteiger partial charge in [0.1, 0.15) is 18.6 Å². The Morgan fingerprint density at radius 2 is 1.70 bits per heavy atom. The highest BCUT2D eigenvalue weighted by atomic mass is 32.2. The summed E-state index contributed by atoms with van der Waals surface area (Å²) < 4.78 is 0. The van der Waals surface area contributed by atoms with Crippen LogP contribution in [-0.2, 0) is 25.6 Å². The number of hydrogen-bond acceptors (Lipinski definition) is 7. The molecule has 0 aliphatic rings. The number of amides is 3. The van der Waals surface area contributed by atoms with E-state index in [2.05, 4.69) is 28.6 Å². The molecule has 0 heterocycles. The van der Waals surface area contributed by atoms with E-state index in [0.717, 1.165) is 5.56 Å². The lowest BCUT2D eigenvalue weighted by Gasteiger charge is -2.23. The molecule has 0 spiro atoms. The van der Waals surface area contributed by atoms with Gasteiger partial charge in [-0.3, -0.25) is 19.2 Å². The third-order valence-electron chi connectivity index (χ3n) is 4.11. The second kappa shape index (κ2) is 13.9. The van der Waals surface area contributed by atoms with Crippen molar-refractivity contribution in [2.45, 2.75) is 31.0 Å². The number of nitrogens with two attached hydrogens (primary N) is 1. The van der Waals surface area contributed by atoms with E-state index in [-0.39, 0.29) is 5.75 Å². The van der Waals surface area contributed by atoms with Gasteiger partial charge in [-0.2, -0.15) is 24.4 Å². The predicted octanol–water partition coefficient (Wildman–Crippen LogP) is -0.590. The minimum atomic E-state index is -1.20. The smallest absolute Gasteiger partial charge is 0.322 e. The van der Waals surface area contributed by atoms with Crippen LogP contribution in [0.2, 0.25) is 0 Å². The molecule has 0 aliphatic carbocycles. The number of aliphatic carboxylic acids is 1. The summed E-state index contributed by atoms with van der Waals surface area (Å²) in [7, 11) is 0. The molecule has 0 fully saturated rings. The number of carbonyl (C=O) groups excluding carboxylic acids is 3. The van der Waals surface area contributed by atoms with Gasteiger partial charge < -0.3 is 26.8 Å². The van der Waals surface area contributed by atoms with Gasteiger partial charge in [-0.15, -0.1) is 0 Å². The first kappa shape index (κ1) is 25.8. The number of carbonyl (C=O) groups is 4. The summed E-state index contributed by atoms with van der Waals surface area (Å²) in [6.45, 7) is -0.569. The third-order valence-corrected chi connectivity index (χ3v) is 5.12. The number of carboxylic acids is 1. The van der Waals surface area contributed by atoms with Crippen LogP contribution in [0.15, 0.2) is 30.3 Å². The van der Waals surface area contributed by atoms with Gasteiger partial charge in [0.15, 0.2) is 0 Å². The van der Waals surface area contributed by atoms with Crippen LogP contribution >= 0.6 is 24.4 Å². The Morgan fingerprint density at radius 3 is 2.27 bits per heavy atom. The zero-order valence-electron chi connectivity index (χ0n) is 16.7. The number of thioether (sulfide) groups is 1. The SMILES string of the molecule is CSCCC(NC(=O)C(N)Cc1ccccc1)C(=O)NC(CS)C(=O)NCC(=O)O. The summed E-state index contributed by atoms with van der Waals surface area (Å²) in [4.78, 5) is 47.8. The summed E-state index contributed by atoms with van der Waals surface area (Å²) >= 11 is 5.54. The van der Waals surface area contributed by atoms with Crippen molar-refractivity contribution < 1.29 is 24.3 Å². The minimum absolute atomic E-state index is 0.0338. The molecule has 1 aromatic rings. The first-order valence-electron chi connectivity index (χ1n) is 9.28. The van der Waals surface area contributed by atoms with Crippen LogP contribution in [0, 0.1) is 0 Å². The molecule has 1 aromatic carbocycles. The average Bonchev–Trinajstić information content (AvgIpc) is 2.73. The molecule has 1 rings (SSSR count). The maximum Gasteiger partial charge on any atom is 0.322 e. The molecule has 6 N–H and O–H groups in total. The first-order valence-corrected chi connectivity index (χ1v) is 11.3. The van der Waals surface area contributed by atoms with Crippen molar-refractivity contribution in [2.75, 3.05) is 24.3 Å². The molecule has 0 bridgehead atoms. The molecule has 30 heavy (non-hydrogen) atoms. The Bertz CT molecular complexity index is 720. The standard InChI is InChI=1S/C19H28N4O5S2/c1-30-8-7-14(19(28)23-15(11-29)18(27)21-10-16(24)25)22-17(26)13(20)9-12-5-3-2-4-6-12/h2-6,13-15,29H,7-11,20H2,1H3,(H,21,27)(H,22,26)(H,23,28)(H,24,25). The van der Waals surface area contributed by atoms with E-state index in [1.165, 1.54) is 11.8 Å². The van der Waals surface area contributed by atoms with Crippen LogP contribution in [0.4, 0.5) is 0 Å². The number of thiol groups is 1. The van der Waals surface area contributed by atoms with Gasteiger partial charge >= 0.3 is 5.97 Å². The lowest BCUT2D eigenvalue weighted by Crippen LogP contribution is -2.56. The van der Waals surface area contributed by atoms with Crippen molar-refractivity contribution in [1.29, 1.82) is 0 Å². The maximum absolute atomic E-state index is 12.7. The molecule has 0 saturated heterocycles. The van der Waals surface area contributed by atoms with Crippen molar-refractivity contribution in [3.63, 3.8) is 0 Å². The van der Waals surface area contributed by atoms with E-state index in [1.807, 2.05) is 36.6 Å². The predicted molar refractivity (Wildman–Crippen MR) is 119 cm³/mol. The molecule has 0 radical (unpaired) electrons. The van der Waals surface area contributed by atoms with Crippen LogP contribution < -0.4 is 21.7 Å². The second-order valence-electron chi connectivity index (χ2n) is 6.49. The van der Waals surface area contributed by atoms with Crippen molar-refractivity contribution in [3.05, 3.63) is 35.9 Å². The Morgan fingerprint density at radius 1 is 1.07 bits per heavy atom.